The predicted octanol–water partition coefficient (Wildman–Crippen LogP) is 1.80. The summed E-state index contributed by atoms with van der Waals surface area (Å²) in [5, 5.41) is 0. The normalized spacial score (nSPS) is 23.4. The fourth-order valence-corrected chi connectivity index (χ4v) is 4.30. The van der Waals surface area contributed by atoms with Crippen LogP contribution in [0.1, 0.15) is 32.1 Å². The predicted molar refractivity (Wildman–Crippen MR) is 74.7 cm³/mol. The van der Waals surface area contributed by atoms with E-state index >= 15 is 0 Å². The summed E-state index contributed by atoms with van der Waals surface area (Å²) >= 11 is 0. The van der Waals surface area contributed by atoms with Crippen molar-refractivity contribution in [3.8, 4) is 0 Å². The van der Waals surface area contributed by atoms with E-state index in [-0.39, 0.29) is 12.1 Å². The minimum Gasteiger partial charge on any atom is -0.378 e. The van der Waals surface area contributed by atoms with E-state index in [0.29, 0.717) is 11.4 Å². The van der Waals surface area contributed by atoms with E-state index < -0.39 is 10.0 Å². The van der Waals surface area contributed by atoms with Gasteiger partial charge in [0.05, 0.1) is 6.10 Å². The summed E-state index contributed by atoms with van der Waals surface area (Å²) in [5.74, 6) is 0. The van der Waals surface area contributed by atoms with Gasteiger partial charge in [0.15, 0.2) is 0 Å². The standard InChI is InChI=1S/C14H20N2O3S/c17-20(18,14-4-1-8-15-11-14)16(12-5-6-12)9-7-13-3-2-10-19-13/h1,4,8,11-13H,2-3,5-7,9-10H2. The monoisotopic (exact) mass is 296 g/mol. The van der Waals surface area contributed by atoms with Gasteiger partial charge >= 0.3 is 0 Å². The van der Waals surface area contributed by atoms with Crippen LogP contribution >= 0.6 is 0 Å². The fraction of sp³-hybridized carbons (Fsp3) is 0.643. The molecule has 1 atom stereocenters. The molecule has 5 nitrogen and oxygen atoms in total. The highest BCUT2D eigenvalue weighted by molar-refractivity contribution is 7.89. The Kier molecular flexibility index (Phi) is 4.05. The van der Waals surface area contributed by atoms with Crippen molar-refractivity contribution in [2.24, 2.45) is 0 Å². The maximum atomic E-state index is 12.7. The van der Waals surface area contributed by atoms with Gasteiger partial charge in [0, 0.05) is 31.6 Å². The third-order valence-corrected chi connectivity index (χ3v) is 5.83. The smallest absolute Gasteiger partial charge is 0.244 e. The van der Waals surface area contributed by atoms with E-state index in [4.69, 9.17) is 4.74 Å². The van der Waals surface area contributed by atoms with Crippen LogP contribution in [0, 0.1) is 0 Å². The Bertz CT molecular complexity index is 537. The van der Waals surface area contributed by atoms with Gasteiger partial charge in [0.25, 0.3) is 0 Å². The average molecular weight is 296 g/mol. The quantitative estimate of drug-likeness (QED) is 0.803. The van der Waals surface area contributed by atoms with Crippen molar-refractivity contribution in [3.05, 3.63) is 24.5 Å². The highest BCUT2D eigenvalue weighted by Crippen LogP contribution is 2.32. The van der Waals surface area contributed by atoms with E-state index in [0.717, 1.165) is 38.7 Å². The SMILES string of the molecule is O=S(=O)(c1cccnc1)N(CCC1CCCO1)C1CC1. The Balaban J connectivity index is 1.72. The van der Waals surface area contributed by atoms with Crippen molar-refractivity contribution < 1.29 is 13.2 Å². The highest BCUT2D eigenvalue weighted by atomic mass is 32.2. The number of hydrogen-bond acceptors (Lipinski definition) is 4. The van der Waals surface area contributed by atoms with E-state index in [1.807, 2.05) is 0 Å². The van der Waals surface area contributed by atoms with Crippen LogP contribution in [0.4, 0.5) is 0 Å². The number of hydrogen-bond donors (Lipinski definition) is 0. The van der Waals surface area contributed by atoms with Gasteiger partial charge in [-0.1, -0.05) is 0 Å². The van der Waals surface area contributed by atoms with Crippen molar-refractivity contribution >= 4 is 10.0 Å². The highest BCUT2D eigenvalue weighted by Gasteiger charge is 2.38. The second-order valence-electron chi connectivity index (χ2n) is 5.46. The summed E-state index contributed by atoms with van der Waals surface area (Å²) in [4.78, 5) is 4.21. The molecule has 110 valence electrons. The van der Waals surface area contributed by atoms with Gasteiger partial charge in [-0.15, -0.1) is 0 Å². The first kappa shape index (κ1) is 14.0. The maximum absolute atomic E-state index is 12.7. The summed E-state index contributed by atoms with van der Waals surface area (Å²) in [6.45, 7) is 1.36. The number of ether oxygens (including phenoxy) is 1. The Labute approximate surface area is 120 Å². The molecule has 0 spiro atoms. The van der Waals surface area contributed by atoms with Gasteiger partial charge in [-0.2, -0.15) is 4.31 Å². The molecule has 0 N–H and O–H groups in total. The van der Waals surface area contributed by atoms with E-state index in [9.17, 15) is 8.42 Å². The number of rotatable bonds is 6. The summed E-state index contributed by atoms with van der Waals surface area (Å²) in [6.07, 6.45) is 8.09. The van der Waals surface area contributed by atoms with E-state index in [1.54, 1.807) is 22.6 Å². The van der Waals surface area contributed by atoms with E-state index in [1.165, 1.54) is 6.20 Å². The van der Waals surface area contributed by atoms with Gasteiger partial charge in [0.2, 0.25) is 10.0 Å². The number of aromatic nitrogens is 1. The van der Waals surface area contributed by atoms with Gasteiger partial charge in [-0.05, 0) is 44.2 Å². The number of sulfonamides is 1. The Morgan fingerprint density at radius 1 is 1.35 bits per heavy atom. The lowest BCUT2D eigenvalue weighted by atomic mass is 10.2. The molecule has 2 aliphatic rings. The van der Waals surface area contributed by atoms with Crippen molar-refractivity contribution in [2.45, 2.75) is 49.1 Å². The third kappa shape index (κ3) is 3.02. The topological polar surface area (TPSA) is 59.5 Å². The number of nitrogens with zero attached hydrogens (tertiary/aromatic N) is 2. The molecule has 1 aliphatic carbocycles. The largest absolute Gasteiger partial charge is 0.378 e. The van der Waals surface area contributed by atoms with Gasteiger partial charge in [-0.3, -0.25) is 4.98 Å². The van der Waals surface area contributed by atoms with Crippen LogP contribution in [-0.4, -0.2) is 43.0 Å². The minimum absolute atomic E-state index is 0.168. The van der Waals surface area contributed by atoms with E-state index in [2.05, 4.69) is 4.98 Å². The summed E-state index contributed by atoms with van der Waals surface area (Å²) in [6, 6.07) is 3.45. The molecule has 3 rings (SSSR count). The first-order chi connectivity index (χ1) is 9.68. The molecule has 1 saturated carbocycles. The molecule has 6 heteroatoms. The van der Waals surface area contributed by atoms with Crippen LogP contribution in [0.5, 0.6) is 0 Å². The average Bonchev–Trinajstić information content (AvgIpc) is 3.15. The van der Waals surface area contributed by atoms with Crippen LogP contribution in [-0.2, 0) is 14.8 Å². The molecule has 0 aromatic carbocycles. The van der Waals surface area contributed by atoms with Crippen molar-refractivity contribution in [2.75, 3.05) is 13.2 Å². The molecule has 20 heavy (non-hydrogen) atoms. The Morgan fingerprint density at radius 3 is 2.80 bits per heavy atom. The van der Waals surface area contributed by atoms with Crippen LogP contribution in [0.3, 0.4) is 0 Å². The maximum Gasteiger partial charge on any atom is 0.244 e. The van der Waals surface area contributed by atoms with Crippen LogP contribution in [0.25, 0.3) is 0 Å². The summed E-state index contributed by atoms with van der Waals surface area (Å²) in [5.41, 5.74) is 0. The van der Waals surface area contributed by atoms with Gasteiger partial charge in [-0.25, -0.2) is 8.42 Å². The lowest BCUT2D eigenvalue weighted by Gasteiger charge is -2.23. The second kappa shape index (κ2) is 5.79. The summed E-state index contributed by atoms with van der Waals surface area (Å²) in [7, 11) is -3.41. The second-order valence-corrected chi connectivity index (χ2v) is 7.35. The zero-order valence-corrected chi connectivity index (χ0v) is 12.3. The lowest BCUT2D eigenvalue weighted by molar-refractivity contribution is 0.0990. The molecule has 1 aromatic heterocycles. The Morgan fingerprint density at radius 2 is 2.20 bits per heavy atom. The molecule has 2 heterocycles. The van der Waals surface area contributed by atoms with Crippen molar-refractivity contribution in [1.82, 2.24) is 9.29 Å². The molecule has 0 radical (unpaired) electrons. The van der Waals surface area contributed by atoms with Crippen molar-refractivity contribution in [3.63, 3.8) is 0 Å². The van der Waals surface area contributed by atoms with Gasteiger partial charge < -0.3 is 4.74 Å². The molecular formula is C14H20N2O3S. The molecule has 0 amide bonds. The fourth-order valence-electron chi connectivity index (χ4n) is 2.64. The zero-order valence-electron chi connectivity index (χ0n) is 11.4. The number of pyridine rings is 1. The summed E-state index contributed by atoms with van der Waals surface area (Å²) < 4.78 is 32.6. The van der Waals surface area contributed by atoms with Crippen molar-refractivity contribution in [1.29, 1.82) is 0 Å². The molecule has 1 aromatic rings. The third-order valence-electron chi connectivity index (χ3n) is 3.89. The molecule has 2 fully saturated rings. The first-order valence-electron chi connectivity index (χ1n) is 7.21. The van der Waals surface area contributed by atoms with Crippen LogP contribution < -0.4 is 0 Å². The molecular weight excluding hydrogens is 276 g/mol. The van der Waals surface area contributed by atoms with Crippen LogP contribution in [0.15, 0.2) is 29.4 Å². The first-order valence-corrected chi connectivity index (χ1v) is 8.65. The molecule has 1 unspecified atom stereocenters. The molecule has 0 bridgehead atoms. The zero-order chi connectivity index (χ0) is 14.0. The molecule has 1 aliphatic heterocycles. The van der Waals surface area contributed by atoms with Crippen LogP contribution in [0.2, 0.25) is 0 Å². The van der Waals surface area contributed by atoms with Gasteiger partial charge in [0.1, 0.15) is 4.90 Å². The Hall–Kier alpha value is -0.980. The minimum atomic E-state index is -3.41. The molecule has 1 saturated heterocycles. The lowest BCUT2D eigenvalue weighted by Crippen LogP contribution is -2.35.